The van der Waals surface area contributed by atoms with E-state index in [-0.39, 0.29) is 5.91 Å². The summed E-state index contributed by atoms with van der Waals surface area (Å²) >= 11 is 0. The van der Waals surface area contributed by atoms with E-state index in [1.54, 1.807) is 12.0 Å². The van der Waals surface area contributed by atoms with Gasteiger partial charge in [-0.2, -0.15) is 0 Å². The van der Waals surface area contributed by atoms with Crippen molar-refractivity contribution in [2.24, 2.45) is 0 Å². The van der Waals surface area contributed by atoms with Crippen LogP contribution in [0.3, 0.4) is 0 Å². The van der Waals surface area contributed by atoms with Crippen LogP contribution in [0.15, 0.2) is 24.3 Å². The molecular formula is C17H25N3O3. The SMILES string of the molecule is COc1ccc(CCNCCC(=O)N2CCN(C=O)CC2)cc1. The second-order valence-electron chi connectivity index (χ2n) is 5.62. The number of nitrogens with zero attached hydrogens (tertiary/aromatic N) is 2. The molecule has 23 heavy (non-hydrogen) atoms. The molecule has 2 rings (SSSR count). The highest BCUT2D eigenvalue weighted by Crippen LogP contribution is 2.11. The highest BCUT2D eigenvalue weighted by Gasteiger charge is 2.19. The molecule has 1 aliphatic rings. The number of rotatable bonds is 8. The molecule has 0 atom stereocenters. The van der Waals surface area contributed by atoms with E-state index >= 15 is 0 Å². The maximum absolute atomic E-state index is 12.1. The molecule has 1 aromatic rings. The van der Waals surface area contributed by atoms with Crippen LogP contribution in [0.5, 0.6) is 5.75 Å². The second-order valence-corrected chi connectivity index (χ2v) is 5.62. The first kappa shape index (κ1) is 17.3. The summed E-state index contributed by atoms with van der Waals surface area (Å²) in [6, 6.07) is 8.02. The topological polar surface area (TPSA) is 61.9 Å². The van der Waals surface area contributed by atoms with Crippen molar-refractivity contribution in [2.75, 3.05) is 46.4 Å². The Hall–Kier alpha value is -2.08. The van der Waals surface area contributed by atoms with Gasteiger partial charge in [-0.1, -0.05) is 12.1 Å². The lowest BCUT2D eigenvalue weighted by Gasteiger charge is -2.32. The Bertz CT molecular complexity index is 496. The number of amides is 2. The van der Waals surface area contributed by atoms with Crippen LogP contribution in [-0.4, -0.2) is 68.5 Å². The number of hydrogen-bond donors (Lipinski definition) is 1. The molecular weight excluding hydrogens is 294 g/mol. The fourth-order valence-corrected chi connectivity index (χ4v) is 2.58. The zero-order valence-electron chi connectivity index (χ0n) is 13.7. The van der Waals surface area contributed by atoms with E-state index in [1.165, 1.54) is 5.56 Å². The van der Waals surface area contributed by atoms with E-state index < -0.39 is 0 Å². The van der Waals surface area contributed by atoms with Gasteiger partial charge >= 0.3 is 0 Å². The number of methoxy groups -OCH3 is 1. The highest BCUT2D eigenvalue weighted by atomic mass is 16.5. The molecule has 2 amide bonds. The van der Waals surface area contributed by atoms with Crippen molar-refractivity contribution >= 4 is 12.3 Å². The van der Waals surface area contributed by atoms with E-state index in [2.05, 4.69) is 17.4 Å². The number of nitrogens with one attached hydrogen (secondary N) is 1. The zero-order valence-corrected chi connectivity index (χ0v) is 13.7. The Morgan fingerprint density at radius 1 is 1.17 bits per heavy atom. The monoisotopic (exact) mass is 319 g/mol. The third kappa shape index (κ3) is 5.56. The van der Waals surface area contributed by atoms with E-state index in [0.29, 0.717) is 39.1 Å². The third-order valence-electron chi connectivity index (χ3n) is 4.08. The fourth-order valence-electron chi connectivity index (χ4n) is 2.58. The van der Waals surface area contributed by atoms with Crippen LogP contribution >= 0.6 is 0 Å². The second kappa shape index (κ2) is 9.15. The molecule has 1 fully saturated rings. The summed E-state index contributed by atoms with van der Waals surface area (Å²) in [6.45, 7) is 4.09. The predicted octanol–water partition coefficient (Wildman–Crippen LogP) is 0.518. The lowest BCUT2D eigenvalue weighted by molar-refractivity contribution is -0.135. The minimum atomic E-state index is 0.160. The van der Waals surface area contributed by atoms with Crippen LogP contribution in [0.2, 0.25) is 0 Å². The highest BCUT2D eigenvalue weighted by molar-refractivity contribution is 5.76. The molecule has 1 aliphatic heterocycles. The molecule has 126 valence electrons. The van der Waals surface area contributed by atoms with Crippen molar-refractivity contribution < 1.29 is 14.3 Å². The predicted molar refractivity (Wildman–Crippen MR) is 88.4 cm³/mol. The van der Waals surface area contributed by atoms with Gasteiger partial charge in [0.1, 0.15) is 5.75 Å². The Labute approximate surface area is 137 Å². The van der Waals surface area contributed by atoms with Crippen LogP contribution in [0.25, 0.3) is 0 Å². The summed E-state index contributed by atoms with van der Waals surface area (Å²) < 4.78 is 5.13. The molecule has 0 saturated carbocycles. The van der Waals surface area contributed by atoms with Gasteiger partial charge < -0.3 is 19.9 Å². The zero-order chi connectivity index (χ0) is 16.5. The van der Waals surface area contributed by atoms with Crippen LogP contribution in [0.4, 0.5) is 0 Å². The lowest BCUT2D eigenvalue weighted by Crippen LogP contribution is -2.48. The summed E-state index contributed by atoms with van der Waals surface area (Å²) in [7, 11) is 1.66. The van der Waals surface area contributed by atoms with Crippen molar-refractivity contribution in [1.82, 2.24) is 15.1 Å². The molecule has 1 N–H and O–H groups in total. The van der Waals surface area contributed by atoms with Crippen LogP contribution in [-0.2, 0) is 16.0 Å². The molecule has 6 nitrogen and oxygen atoms in total. The van der Waals surface area contributed by atoms with Gasteiger partial charge in [0, 0.05) is 39.1 Å². The molecule has 1 heterocycles. The largest absolute Gasteiger partial charge is 0.497 e. The van der Waals surface area contributed by atoms with Gasteiger partial charge in [0.15, 0.2) is 0 Å². The molecule has 6 heteroatoms. The van der Waals surface area contributed by atoms with Crippen LogP contribution in [0.1, 0.15) is 12.0 Å². The summed E-state index contributed by atoms with van der Waals surface area (Å²) in [5, 5.41) is 3.31. The van der Waals surface area contributed by atoms with Crippen molar-refractivity contribution in [3.05, 3.63) is 29.8 Å². The summed E-state index contributed by atoms with van der Waals surface area (Å²) in [4.78, 5) is 26.2. The van der Waals surface area contributed by atoms with Gasteiger partial charge in [0.25, 0.3) is 0 Å². The van der Waals surface area contributed by atoms with Crippen LogP contribution in [0, 0.1) is 0 Å². The third-order valence-corrected chi connectivity index (χ3v) is 4.08. The number of carbonyl (C=O) groups excluding carboxylic acids is 2. The van der Waals surface area contributed by atoms with Gasteiger partial charge in [-0.05, 0) is 30.7 Å². The number of piperazine rings is 1. The smallest absolute Gasteiger partial charge is 0.223 e. The maximum Gasteiger partial charge on any atom is 0.223 e. The molecule has 0 aliphatic carbocycles. The van der Waals surface area contributed by atoms with Gasteiger partial charge in [-0.3, -0.25) is 9.59 Å². The minimum Gasteiger partial charge on any atom is -0.497 e. The Kier molecular flexibility index (Phi) is 6.87. The van der Waals surface area contributed by atoms with E-state index in [1.807, 2.05) is 17.0 Å². The van der Waals surface area contributed by atoms with Gasteiger partial charge in [-0.25, -0.2) is 0 Å². The average Bonchev–Trinajstić information content (AvgIpc) is 2.62. The first-order valence-corrected chi connectivity index (χ1v) is 8.03. The van der Waals surface area contributed by atoms with Gasteiger partial charge in [0.2, 0.25) is 12.3 Å². The Morgan fingerprint density at radius 2 is 1.87 bits per heavy atom. The standard InChI is InChI=1S/C17H25N3O3/c1-23-16-4-2-15(3-5-16)6-8-18-9-7-17(22)20-12-10-19(14-21)11-13-20/h2-5,14,18H,6-13H2,1H3. The maximum atomic E-state index is 12.1. The first-order valence-electron chi connectivity index (χ1n) is 8.03. The molecule has 0 radical (unpaired) electrons. The van der Waals surface area contributed by atoms with Gasteiger partial charge in [-0.15, -0.1) is 0 Å². The summed E-state index contributed by atoms with van der Waals surface area (Å²) in [5.74, 6) is 1.02. The molecule has 1 saturated heterocycles. The average molecular weight is 319 g/mol. The molecule has 0 unspecified atom stereocenters. The number of carbonyl (C=O) groups is 2. The summed E-state index contributed by atoms with van der Waals surface area (Å²) in [5.41, 5.74) is 1.25. The number of benzene rings is 1. The van der Waals surface area contributed by atoms with E-state index in [4.69, 9.17) is 4.74 Å². The van der Waals surface area contributed by atoms with Crippen molar-refractivity contribution in [3.63, 3.8) is 0 Å². The lowest BCUT2D eigenvalue weighted by atomic mass is 10.1. The summed E-state index contributed by atoms with van der Waals surface area (Å²) in [6.07, 6.45) is 2.28. The first-order chi connectivity index (χ1) is 11.2. The molecule has 0 bridgehead atoms. The van der Waals surface area contributed by atoms with E-state index in [0.717, 1.165) is 25.1 Å². The number of hydrogen-bond acceptors (Lipinski definition) is 4. The van der Waals surface area contributed by atoms with Crippen molar-refractivity contribution in [3.8, 4) is 5.75 Å². The fraction of sp³-hybridized carbons (Fsp3) is 0.529. The molecule has 0 spiro atoms. The minimum absolute atomic E-state index is 0.160. The normalized spacial score (nSPS) is 14.7. The molecule has 1 aromatic carbocycles. The van der Waals surface area contributed by atoms with Gasteiger partial charge in [0.05, 0.1) is 7.11 Å². The Balaban J connectivity index is 1.58. The van der Waals surface area contributed by atoms with Crippen LogP contribution < -0.4 is 10.1 Å². The Morgan fingerprint density at radius 3 is 2.48 bits per heavy atom. The van der Waals surface area contributed by atoms with Crippen molar-refractivity contribution in [2.45, 2.75) is 12.8 Å². The molecule has 0 aromatic heterocycles. The quantitative estimate of drug-likeness (QED) is 0.560. The van der Waals surface area contributed by atoms with E-state index in [9.17, 15) is 9.59 Å². The van der Waals surface area contributed by atoms with Crippen molar-refractivity contribution in [1.29, 1.82) is 0 Å². The number of ether oxygens (including phenoxy) is 1.